The van der Waals surface area contributed by atoms with Gasteiger partial charge in [-0.25, -0.2) is 8.42 Å². The van der Waals surface area contributed by atoms with Gasteiger partial charge in [-0.2, -0.15) is 0 Å². The minimum Gasteiger partial charge on any atom is -0.497 e. The molecule has 6 nitrogen and oxygen atoms in total. The summed E-state index contributed by atoms with van der Waals surface area (Å²) >= 11 is 0. The van der Waals surface area contributed by atoms with Gasteiger partial charge >= 0.3 is 0 Å². The van der Waals surface area contributed by atoms with Gasteiger partial charge in [0.1, 0.15) is 5.75 Å². The smallest absolute Gasteiger partial charge is 0.253 e. The Morgan fingerprint density at radius 3 is 2.30 bits per heavy atom. The zero-order chi connectivity index (χ0) is 16.4. The molecule has 23 heavy (non-hydrogen) atoms. The molecule has 126 valence electrons. The summed E-state index contributed by atoms with van der Waals surface area (Å²) in [6.45, 7) is 2.76. The molecule has 0 aromatic heterocycles. The molecule has 0 bridgehead atoms. The van der Waals surface area contributed by atoms with E-state index in [1.54, 1.807) is 31.4 Å². The summed E-state index contributed by atoms with van der Waals surface area (Å²) in [5.74, 6) is 1.31. The first kappa shape index (κ1) is 16.3. The van der Waals surface area contributed by atoms with E-state index in [9.17, 15) is 13.2 Å². The molecule has 0 spiro atoms. The second-order valence-corrected chi connectivity index (χ2v) is 8.34. The Balaban J connectivity index is 1.57. The summed E-state index contributed by atoms with van der Waals surface area (Å²) in [6.07, 6.45) is 0.717. The zero-order valence-electron chi connectivity index (χ0n) is 13.3. The maximum Gasteiger partial charge on any atom is 0.253 e. The van der Waals surface area contributed by atoms with Crippen molar-refractivity contribution in [3.8, 4) is 5.75 Å². The first-order valence-electron chi connectivity index (χ1n) is 7.86. The number of hydrogen-bond acceptors (Lipinski definition) is 5. The largest absolute Gasteiger partial charge is 0.497 e. The molecule has 2 aliphatic rings. The number of benzene rings is 1. The molecule has 2 fully saturated rings. The first-order chi connectivity index (χ1) is 11.0. The molecule has 1 atom stereocenters. The number of rotatable bonds is 3. The lowest BCUT2D eigenvalue weighted by atomic mass is 10.1. The number of nitrogens with zero attached hydrogens (tertiary/aromatic N) is 2. The minimum absolute atomic E-state index is 0.0198. The second kappa shape index (κ2) is 6.49. The predicted octanol–water partition coefficient (Wildman–Crippen LogP) is 0.640. The van der Waals surface area contributed by atoms with Crippen molar-refractivity contribution >= 4 is 15.7 Å². The molecular formula is C16H22N2O4S. The Bertz CT molecular complexity index is 664. The fraction of sp³-hybridized carbons (Fsp3) is 0.562. The topological polar surface area (TPSA) is 66.9 Å². The predicted molar refractivity (Wildman–Crippen MR) is 87.5 cm³/mol. The zero-order valence-corrected chi connectivity index (χ0v) is 14.1. The van der Waals surface area contributed by atoms with Crippen molar-refractivity contribution < 1.29 is 17.9 Å². The number of carbonyl (C=O) groups is 1. The monoisotopic (exact) mass is 338 g/mol. The summed E-state index contributed by atoms with van der Waals surface area (Å²) in [5, 5.41) is 0. The highest BCUT2D eigenvalue weighted by Crippen LogP contribution is 2.20. The number of piperazine rings is 1. The molecule has 3 rings (SSSR count). The summed E-state index contributed by atoms with van der Waals surface area (Å²) in [7, 11) is -1.26. The summed E-state index contributed by atoms with van der Waals surface area (Å²) in [4.78, 5) is 16.5. The third-order valence-electron chi connectivity index (χ3n) is 4.66. The summed E-state index contributed by atoms with van der Waals surface area (Å²) < 4.78 is 28.3. The standard InChI is InChI=1S/C16H22N2O4S/c1-22-15-4-2-13(3-5-15)16(19)18-9-7-17(8-10-18)14-6-11-23(20,21)12-14/h2-5,14H,6-12H2,1H3. The van der Waals surface area contributed by atoms with Crippen molar-refractivity contribution in [1.82, 2.24) is 9.80 Å². The van der Waals surface area contributed by atoms with Crippen molar-refractivity contribution in [2.75, 3.05) is 44.8 Å². The second-order valence-electron chi connectivity index (χ2n) is 6.11. The van der Waals surface area contributed by atoms with Crippen LogP contribution in [-0.2, 0) is 9.84 Å². The van der Waals surface area contributed by atoms with Crippen LogP contribution in [0.25, 0.3) is 0 Å². The van der Waals surface area contributed by atoms with E-state index in [-0.39, 0.29) is 17.7 Å². The summed E-state index contributed by atoms with van der Waals surface area (Å²) in [5.41, 5.74) is 0.655. The fourth-order valence-corrected chi connectivity index (χ4v) is 5.03. The lowest BCUT2D eigenvalue weighted by molar-refractivity contribution is 0.0588. The van der Waals surface area contributed by atoms with E-state index in [4.69, 9.17) is 4.74 Å². The number of carbonyl (C=O) groups excluding carboxylic acids is 1. The Labute approximate surface area is 136 Å². The SMILES string of the molecule is COc1ccc(C(=O)N2CCN(C3CCS(=O)(=O)C3)CC2)cc1. The van der Waals surface area contributed by atoms with Crippen LogP contribution in [0.2, 0.25) is 0 Å². The van der Waals surface area contributed by atoms with Crippen LogP contribution in [-0.4, -0.2) is 75.0 Å². The minimum atomic E-state index is -2.86. The van der Waals surface area contributed by atoms with Gasteiger partial charge in [-0.1, -0.05) is 0 Å². The molecular weight excluding hydrogens is 316 g/mol. The van der Waals surface area contributed by atoms with Crippen LogP contribution in [0.5, 0.6) is 5.75 Å². The highest BCUT2D eigenvalue weighted by Gasteiger charge is 2.34. The molecule has 1 aromatic carbocycles. The van der Waals surface area contributed by atoms with E-state index in [0.717, 1.165) is 25.3 Å². The molecule has 2 heterocycles. The van der Waals surface area contributed by atoms with E-state index < -0.39 is 9.84 Å². The van der Waals surface area contributed by atoms with Gasteiger partial charge in [0.2, 0.25) is 0 Å². The number of methoxy groups -OCH3 is 1. The average molecular weight is 338 g/mol. The summed E-state index contributed by atoms with van der Waals surface area (Å²) in [6, 6.07) is 7.24. The van der Waals surface area contributed by atoms with Crippen LogP contribution in [0.3, 0.4) is 0 Å². The quantitative estimate of drug-likeness (QED) is 0.809. The molecule has 1 aromatic rings. The van der Waals surface area contributed by atoms with E-state index in [0.29, 0.717) is 24.4 Å². The fourth-order valence-electron chi connectivity index (χ4n) is 3.27. The Kier molecular flexibility index (Phi) is 4.59. The van der Waals surface area contributed by atoms with E-state index in [1.165, 1.54) is 0 Å². The van der Waals surface area contributed by atoms with Crippen molar-refractivity contribution in [2.24, 2.45) is 0 Å². The lowest BCUT2D eigenvalue weighted by Crippen LogP contribution is -2.52. The van der Waals surface area contributed by atoms with E-state index in [1.807, 2.05) is 4.90 Å². The van der Waals surface area contributed by atoms with Crippen LogP contribution in [0.15, 0.2) is 24.3 Å². The number of hydrogen-bond donors (Lipinski definition) is 0. The van der Waals surface area contributed by atoms with E-state index >= 15 is 0 Å². The van der Waals surface area contributed by atoms with Gasteiger partial charge < -0.3 is 9.64 Å². The maximum atomic E-state index is 12.5. The van der Waals surface area contributed by atoms with Gasteiger partial charge in [-0.05, 0) is 30.7 Å². The number of amides is 1. The van der Waals surface area contributed by atoms with Crippen LogP contribution < -0.4 is 4.74 Å². The van der Waals surface area contributed by atoms with Gasteiger partial charge in [0.05, 0.1) is 18.6 Å². The van der Waals surface area contributed by atoms with Crippen molar-refractivity contribution in [2.45, 2.75) is 12.5 Å². The van der Waals surface area contributed by atoms with Gasteiger partial charge in [0.25, 0.3) is 5.91 Å². The van der Waals surface area contributed by atoms with Gasteiger partial charge in [-0.15, -0.1) is 0 Å². The van der Waals surface area contributed by atoms with Gasteiger partial charge in [-0.3, -0.25) is 9.69 Å². The molecule has 1 unspecified atom stereocenters. The van der Waals surface area contributed by atoms with Crippen LogP contribution >= 0.6 is 0 Å². The molecule has 0 saturated carbocycles. The highest BCUT2D eigenvalue weighted by atomic mass is 32.2. The van der Waals surface area contributed by atoms with Crippen molar-refractivity contribution in [3.05, 3.63) is 29.8 Å². The third kappa shape index (κ3) is 3.67. The van der Waals surface area contributed by atoms with Crippen LogP contribution in [0, 0.1) is 0 Å². The average Bonchev–Trinajstić information content (AvgIpc) is 2.94. The van der Waals surface area contributed by atoms with Crippen molar-refractivity contribution in [1.29, 1.82) is 0 Å². The molecule has 0 N–H and O–H groups in total. The molecule has 2 aliphatic heterocycles. The maximum absolute atomic E-state index is 12.5. The number of ether oxygens (including phenoxy) is 1. The normalized spacial score (nSPS) is 24.6. The van der Waals surface area contributed by atoms with Gasteiger partial charge in [0.15, 0.2) is 9.84 Å². The van der Waals surface area contributed by atoms with Gasteiger partial charge in [0, 0.05) is 37.8 Å². The molecule has 0 radical (unpaired) electrons. The van der Waals surface area contributed by atoms with Crippen LogP contribution in [0.4, 0.5) is 0 Å². The Morgan fingerprint density at radius 1 is 1.13 bits per heavy atom. The molecule has 1 amide bonds. The third-order valence-corrected chi connectivity index (χ3v) is 6.41. The highest BCUT2D eigenvalue weighted by molar-refractivity contribution is 7.91. The molecule has 7 heteroatoms. The van der Waals surface area contributed by atoms with E-state index in [2.05, 4.69) is 4.90 Å². The number of sulfone groups is 1. The lowest BCUT2D eigenvalue weighted by Gasteiger charge is -2.37. The first-order valence-corrected chi connectivity index (χ1v) is 9.68. The Hall–Kier alpha value is -1.60. The molecule has 2 saturated heterocycles. The van der Waals surface area contributed by atoms with Crippen LogP contribution in [0.1, 0.15) is 16.8 Å². The Morgan fingerprint density at radius 2 is 1.78 bits per heavy atom. The molecule has 0 aliphatic carbocycles. The van der Waals surface area contributed by atoms with Crippen molar-refractivity contribution in [3.63, 3.8) is 0 Å².